The van der Waals surface area contributed by atoms with Crippen LogP contribution in [0.25, 0.3) is 11.1 Å². The lowest BCUT2D eigenvalue weighted by molar-refractivity contribution is -0.142. The van der Waals surface area contributed by atoms with Crippen LogP contribution in [0.3, 0.4) is 0 Å². The summed E-state index contributed by atoms with van der Waals surface area (Å²) in [5, 5.41) is 14.8. The van der Waals surface area contributed by atoms with E-state index < -0.39 is 30.1 Å². The van der Waals surface area contributed by atoms with Crippen LogP contribution in [0.5, 0.6) is 0 Å². The van der Waals surface area contributed by atoms with Gasteiger partial charge in [-0.1, -0.05) is 75.2 Å². The molecule has 2 aromatic rings. The molecule has 2 aromatic carbocycles. The molecule has 34 heavy (non-hydrogen) atoms. The molecule has 0 bridgehead atoms. The average Bonchev–Trinajstić information content (AvgIpc) is 3.57. The van der Waals surface area contributed by atoms with Crippen LogP contribution in [0.4, 0.5) is 4.79 Å². The minimum Gasteiger partial charge on any atom is -0.480 e. The molecule has 2 aliphatic rings. The highest BCUT2D eigenvalue weighted by Gasteiger charge is 2.34. The van der Waals surface area contributed by atoms with E-state index in [1.165, 1.54) is 0 Å². The number of rotatable bonds is 10. The summed E-state index contributed by atoms with van der Waals surface area (Å²) in [4.78, 5) is 37.2. The molecule has 0 radical (unpaired) electrons. The summed E-state index contributed by atoms with van der Waals surface area (Å²) in [6, 6.07) is 14.4. The number of nitrogens with one attached hydrogen (secondary N) is 2. The van der Waals surface area contributed by atoms with Crippen LogP contribution in [0.2, 0.25) is 0 Å². The van der Waals surface area contributed by atoms with Gasteiger partial charge in [-0.05, 0) is 46.9 Å². The van der Waals surface area contributed by atoms with Crippen molar-refractivity contribution < 1.29 is 24.2 Å². The summed E-state index contributed by atoms with van der Waals surface area (Å²) in [6.07, 6.45) is 2.14. The van der Waals surface area contributed by atoms with Crippen molar-refractivity contribution in [2.45, 2.75) is 57.5 Å². The van der Waals surface area contributed by atoms with Crippen LogP contribution < -0.4 is 10.6 Å². The lowest BCUT2D eigenvalue weighted by atomic mass is 9.98. The fourth-order valence-corrected chi connectivity index (χ4v) is 4.67. The van der Waals surface area contributed by atoms with Gasteiger partial charge >= 0.3 is 12.1 Å². The topological polar surface area (TPSA) is 105 Å². The number of carbonyl (C=O) groups excluding carboxylic acids is 2. The maximum Gasteiger partial charge on any atom is 0.407 e. The molecule has 0 spiro atoms. The van der Waals surface area contributed by atoms with Crippen molar-refractivity contribution in [2.24, 2.45) is 11.8 Å². The maximum absolute atomic E-state index is 12.9. The van der Waals surface area contributed by atoms with Crippen molar-refractivity contribution in [1.29, 1.82) is 0 Å². The van der Waals surface area contributed by atoms with Gasteiger partial charge in [-0.15, -0.1) is 0 Å². The zero-order valence-electron chi connectivity index (χ0n) is 19.6. The number of hydrogen-bond acceptors (Lipinski definition) is 4. The number of benzene rings is 2. The van der Waals surface area contributed by atoms with Gasteiger partial charge in [0.1, 0.15) is 18.7 Å². The number of carboxylic acid groups (broad SMARTS) is 1. The Morgan fingerprint density at radius 3 is 2.06 bits per heavy atom. The van der Waals surface area contributed by atoms with E-state index in [1.54, 1.807) is 0 Å². The summed E-state index contributed by atoms with van der Waals surface area (Å²) in [5.74, 6) is -1.16. The molecule has 2 amide bonds. The van der Waals surface area contributed by atoms with Crippen molar-refractivity contribution in [3.8, 4) is 11.1 Å². The number of hydrogen-bond donors (Lipinski definition) is 3. The standard InChI is InChI=1S/C27H32N2O5/c1-16(2)13-24(26(31)32)28-25(30)23(14-17-11-12-17)29-27(33)34-15-22-20-9-5-3-7-18(20)19-8-4-6-10-21(19)22/h3-10,16-17,22-24H,11-15H2,1-2H3,(H,28,30)(H,29,33)(H,31,32)/t23-,24+/m0/s1. The smallest absolute Gasteiger partial charge is 0.407 e. The second kappa shape index (κ2) is 10.3. The van der Waals surface area contributed by atoms with Gasteiger partial charge in [0.2, 0.25) is 5.91 Å². The highest BCUT2D eigenvalue weighted by atomic mass is 16.5. The van der Waals surface area contributed by atoms with E-state index in [0.717, 1.165) is 35.1 Å². The maximum atomic E-state index is 12.9. The van der Waals surface area contributed by atoms with Gasteiger partial charge in [-0.3, -0.25) is 4.79 Å². The van der Waals surface area contributed by atoms with E-state index >= 15 is 0 Å². The highest BCUT2D eigenvalue weighted by Crippen LogP contribution is 2.44. The molecule has 0 saturated heterocycles. The Morgan fingerprint density at radius 1 is 0.941 bits per heavy atom. The highest BCUT2D eigenvalue weighted by molar-refractivity contribution is 5.89. The monoisotopic (exact) mass is 464 g/mol. The number of fused-ring (bicyclic) bond motifs is 3. The minimum absolute atomic E-state index is 0.0729. The molecule has 3 N–H and O–H groups in total. The van der Waals surface area contributed by atoms with Gasteiger partial charge in [0, 0.05) is 5.92 Å². The Morgan fingerprint density at radius 2 is 1.53 bits per heavy atom. The molecule has 2 atom stereocenters. The quantitative estimate of drug-likeness (QED) is 0.486. The molecule has 0 aromatic heterocycles. The number of amides is 2. The summed E-state index contributed by atoms with van der Waals surface area (Å²) < 4.78 is 5.59. The van der Waals surface area contributed by atoms with Gasteiger partial charge in [-0.2, -0.15) is 0 Å². The predicted octanol–water partition coefficient (Wildman–Crippen LogP) is 4.31. The predicted molar refractivity (Wildman–Crippen MR) is 128 cm³/mol. The molecule has 0 unspecified atom stereocenters. The van der Waals surface area contributed by atoms with Crippen LogP contribution in [0.15, 0.2) is 48.5 Å². The first-order valence-electron chi connectivity index (χ1n) is 12.0. The largest absolute Gasteiger partial charge is 0.480 e. The van der Waals surface area contributed by atoms with Gasteiger partial charge in [0.15, 0.2) is 0 Å². The van der Waals surface area contributed by atoms with Gasteiger partial charge < -0.3 is 20.5 Å². The van der Waals surface area contributed by atoms with E-state index in [9.17, 15) is 19.5 Å². The van der Waals surface area contributed by atoms with Gasteiger partial charge in [-0.25, -0.2) is 9.59 Å². The van der Waals surface area contributed by atoms with Crippen LogP contribution >= 0.6 is 0 Å². The van der Waals surface area contributed by atoms with Crippen LogP contribution in [-0.4, -0.2) is 41.8 Å². The lowest BCUT2D eigenvalue weighted by Gasteiger charge is -2.22. The van der Waals surface area contributed by atoms with Crippen LogP contribution in [0.1, 0.15) is 56.6 Å². The molecular formula is C27H32N2O5. The Hall–Kier alpha value is -3.35. The zero-order chi connectivity index (χ0) is 24.2. The van der Waals surface area contributed by atoms with E-state index in [2.05, 4.69) is 22.8 Å². The molecule has 1 fully saturated rings. The van der Waals surface area contributed by atoms with Crippen molar-refractivity contribution >= 4 is 18.0 Å². The normalized spacial score (nSPS) is 16.3. The molecule has 7 heteroatoms. The van der Waals surface area contributed by atoms with Crippen molar-refractivity contribution in [1.82, 2.24) is 10.6 Å². The first-order valence-corrected chi connectivity index (χ1v) is 12.0. The molecule has 7 nitrogen and oxygen atoms in total. The number of carboxylic acids is 1. The van der Waals surface area contributed by atoms with Crippen LogP contribution in [-0.2, 0) is 14.3 Å². The number of ether oxygens (including phenoxy) is 1. The number of alkyl carbamates (subject to hydrolysis) is 1. The minimum atomic E-state index is -1.08. The lowest BCUT2D eigenvalue weighted by Crippen LogP contribution is -2.52. The molecule has 0 heterocycles. The summed E-state index contributed by atoms with van der Waals surface area (Å²) in [7, 11) is 0. The second-order valence-corrected chi connectivity index (χ2v) is 9.73. The summed E-state index contributed by atoms with van der Waals surface area (Å²) in [6.45, 7) is 3.96. The van der Waals surface area contributed by atoms with Gasteiger partial charge in [0.25, 0.3) is 0 Å². The Bertz CT molecular complexity index is 1020. The fourth-order valence-electron chi connectivity index (χ4n) is 4.67. The van der Waals surface area contributed by atoms with Crippen molar-refractivity contribution in [3.05, 3.63) is 59.7 Å². The zero-order valence-corrected chi connectivity index (χ0v) is 19.6. The molecule has 180 valence electrons. The fraction of sp³-hybridized carbons (Fsp3) is 0.444. The Balaban J connectivity index is 1.40. The van der Waals surface area contributed by atoms with Crippen molar-refractivity contribution in [2.75, 3.05) is 6.61 Å². The molecular weight excluding hydrogens is 432 g/mol. The van der Waals surface area contributed by atoms with Crippen molar-refractivity contribution in [3.63, 3.8) is 0 Å². The van der Waals surface area contributed by atoms with Crippen LogP contribution in [0, 0.1) is 11.8 Å². The SMILES string of the molecule is CC(C)C[C@@H](NC(=O)[C@H](CC1CC1)NC(=O)OCC1c2ccccc2-c2ccccc21)C(=O)O. The van der Waals surface area contributed by atoms with E-state index in [4.69, 9.17) is 4.74 Å². The molecule has 1 saturated carbocycles. The first kappa shape index (κ1) is 23.8. The Kier molecular flexibility index (Phi) is 7.20. The number of carbonyl (C=O) groups is 3. The molecule has 2 aliphatic carbocycles. The third-order valence-electron chi connectivity index (χ3n) is 6.54. The van der Waals surface area contributed by atoms with E-state index in [0.29, 0.717) is 18.8 Å². The molecule has 0 aliphatic heterocycles. The van der Waals surface area contributed by atoms with Gasteiger partial charge in [0.05, 0.1) is 0 Å². The number of aliphatic carboxylic acids is 1. The third-order valence-corrected chi connectivity index (χ3v) is 6.54. The Labute approximate surface area is 199 Å². The molecule has 4 rings (SSSR count). The second-order valence-electron chi connectivity index (χ2n) is 9.73. The first-order chi connectivity index (χ1) is 16.3. The average molecular weight is 465 g/mol. The van der Waals surface area contributed by atoms with E-state index in [-0.39, 0.29) is 18.4 Å². The summed E-state index contributed by atoms with van der Waals surface area (Å²) >= 11 is 0. The third kappa shape index (κ3) is 5.58. The van der Waals surface area contributed by atoms with E-state index in [1.807, 2.05) is 50.2 Å². The summed E-state index contributed by atoms with van der Waals surface area (Å²) in [5.41, 5.74) is 4.51.